The first-order valence-corrected chi connectivity index (χ1v) is 6.17. The van der Waals surface area contributed by atoms with Gasteiger partial charge in [-0.15, -0.1) is 0 Å². The predicted molar refractivity (Wildman–Crippen MR) is 66.5 cm³/mol. The Hall–Kier alpha value is -1.35. The first kappa shape index (κ1) is 12.1. The summed E-state index contributed by atoms with van der Waals surface area (Å²) >= 11 is 0. The molecule has 0 bridgehead atoms. The van der Waals surface area contributed by atoms with Crippen molar-refractivity contribution < 1.29 is 9.53 Å². The third-order valence-electron chi connectivity index (χ3n) is 3.54. The highest BCUT2D eigenvalue weighted by Gasteiger charge is 2.41. The van der Waals surface area contributed by atoms with E-state index in [2.05, 4.69) is 5.32 Å². The van der Waals surface area contributed by atoms with Crippen LogP contribution < -0.4 is 5.32 Å². The van der Waals surface area contributed by atoms with Gasteiger partial charge in [0, 0.05) is 0 Å². The second-order valence-electron chi connectivity index (χ2n) is 4.60. The Morgan fingerprint density at radius 2 is 1.94 bits per heavy atom. The van der Waals surface area contributed by atoms with E-state index in [0.717, 1.165) is 31.2 Å². The quantitative estimate of drug-likeness (QED) is 0.811. The molecule has 0 heterocycles. The highest BCUT2D eigenvalue weighted by atomic mass is 16.5. The van der Waals surface area contributed by atoms with Crippen molar-refractivity contribution in [3.05, 3.63) is 35.9 Å². The zero-order valence-corrected chi connectivity index (χ0v) is 10.2. The number of carbonyl (C=O) groups excluding carboxylic acids is 1. The van der Waals surface area contributed by atoms with Crippen LogP contribution >= 0.6 is 0 Å². The molecule has 1 aliphatic rings. The van der Waals surface area contributed by atoms with Crippen LogP contribution in [0.2, 0.25) is 0 Å². The maximum Gasteiger partial charge on any atom is 0.326 e. The van der Waals surface area contributed by atoms with Gasteiger partial charge in [0.1, 0.15) is 12.1 Å². The normalized spacial score (nSPS) is 17.9. The zero-order chi connectivity index (χ0) is 12.1. The molecule has 0 aromatic heterocycles. The summed E-state index contributed by atoms with van der Waals surface area (Å²) in [6, 6.07) is 9.79. The molecule has 0 amide bonds. The average Bonchev–Trinajstić information content (AvgIpc) is 2.87. The molecule has 0 spiro atoms. The summed E-state index contributed by atoms with van der Waals surface area (Å²) in [6.07, 6.45) is 3.97. The van der Waals surface area contributed by atoms with Crippen molar-refractivity contribution in [1.29, 1.82) is 0 Å². The Kier molecular flexibility index (Phi) is 3.79. The van der Waals surface area contributed by atoms with E-state index >= 15 is 0 Å². The lowest BCUT2D eigenvalue weighted by Gasteiger charge is -2.25. The number of esters is 1. The summed E-state index contributed by atoms with van der Waals surface area (Å²) in [7, 11) is 1.84. The lowest BCUT2D eigenvalue weighted by molar-refractivity contribution is -0.152. The van der Waals surface area contributed by atoms with Crippen LogP contribution in [0.3, 0.4) is 0 Å². The summed E-state index contributed by atoms with van der Waals surface area (Å²) < 4.78 is 5.40. The molecule has 1 aromatic rings. The van der Waals surface area contributed by atoms with Crippen LogP contribution in [0.15, 0.2) is 30.3 Å². The molecule has 1 N–H and O–H groups in total. The molecule has 1 aromatic carbocycles. The van der Waals surface area contributed by atoms with Gasteiger partial charge in [0.05, 0.1) is 0 Å². The molecular formula is C14H19NO2. The summed E-state index contributed by atoms with van der Waals surface area (Å²) in [4.78, 5) is 12.1. The molecule has 0 aliphatic heterocycles. The lowest BCUT2D eigenvalue weighted by atomic mass is 9.98. The minimum absolute atomic E-state index is 0.110. The van der Waals surface area contributed by atoms with Gasteiger partial charge in [0.2, 0.25) is 0 Å². The third kappa shape index (κ3) is 2.67. The zero-order valence-electron chi connectivity index (χ0n) is 10.2. The second-order valence-corrected chi connectivity index (χ2v) is 4.60. The number of hydrogen-bond acceptors (Lipinski definition) is 3. The maximum atomic E-state index is 12.1. The Morgan fingerprint density at radius 1 is 1.29 bits per heavy atom. The molecule has 0 saturated heterocycles. The van der Waals surface area contributed by atoms with E-state index in [4.69, 9.17) is 4.74 Å². The maximum absolute atomic E-state index is 12.1. The SMILES string of the molecule is CNC1(C(=O)OCc2ccccc2)CCCC1. The number of hydrogen-bond donors (Lipinski definition) is 1. The van der Waals surface area contributed by atoms with E-state index in [1.807, 2.05) is 37.4 Å². The molecule has 0 radical (unpaired) electrons. The Labute approximate surface area is 102 Å². The predicted octanol–water partition coefficient (Wildman–Crippen LogP) is 2.26. The summed E-state index contributed by atoms with van der Waals surface area (Å²) in [5.41, 5.74) is 0.597. The smallest absolute Gasteiger partial charge is 0.326 e. The van der Waals surface area contributed by atoms with Crippen LogP contribution in [-0.4, -0.2) is 18.6 Å². The Bertz CT molecular complexity index is 369. The first-order chi connectivity index (χ1) is 8.27. The molecule has 17 heavy (non-hydrogen) atoms. The molecule has 3 heteroatoms. The van der Waals surface area contributed by atoms with Crippen LogP contribution in [0.5, 0.6) is 0 Å². The summed E-state index contributed by atoms with van der Waals surface area (Å²) in [6.45, 7) is 0.364. The standard InChI is InChI=1S/C14H19NO2/c1-15-14(9-5-6-10-14)13(16)17-11-12-7-3-2-4-8-12/h2-4,7-8,15H,5-6,9-11H2,1H3. The van der Waals surface area contributed by atoms with Gasteiger partial charge in [0.15, 0.2) is 0 Å². The van der Waals surface area contributed by atoms with Crippen molar-refractivity contribution in [2.75, 3.05) is 7.05 Å². The van der Waals surface area contributed by atoms with Gasteiger partial charge in [-0.3, -0.25) is 4.79 Å². The number of nitrogens with one attached hydrogen (secondary N) is 1. The van der Waals surface area contributed by atoms with Gasteiger partial charge in [0.25, 0.3) is 0 Å². The van der Waals surface area contributed by atoms with E-state index in [0.29, 0.717) is 6.61 Å². The van der Waals surface area contributed by atoms with Gasteiger partial charge in [-0.1, -0.05) is 43.2 Å². The molecule has 0 unspecified atom stereocenters. The van der Waals surface area contributed by atoms with Gasteiger partial charge in [-0.25, -0.2) is 0 Å². The van der Waals surface area contributed by atoms with Crippen molar-refractivity contribution in [3.63, 3.8) is 0 Å². The van der Waals surface area contributed by atoms with Gasteiger partial charge in [-0.05, 0) is 25.5 Å². The van der Waals surface area contributed by atoms with Crippen LogP contribution in [0.25, 0.3) is 0 Å². The van der Waals surface area contributed by atoms with Gasteiger partial charge >= 0.3 is 5.97 Å². The molecule has 0 atom stereocenters. The van der Waals surface area contributed by atoms with Crippen LogP contribution in [0.1, 0.15) is 31.2 Å². The van der Waals surface area contributed by atoms with E-state index in [1.54, 1.807) is 0 Å². The third-order valence-corrected chi connectivity index (χ3v) is 3.54. The fourth-order valence-corrected chi connectivity index (χ4v) is 2.40. The van der Waals surface area contributed by atoms with Gasteiger partial charge in [-0.2, -0.15) is 0 Å². The van der Waals surface area contributed by atoms with E-state index in [1.165, 1.54) is 0 Å². The number of likely N-dealkylation sites (N-methyl/N-ethyl adjacent to an activating group) is 1. The van der Waals surface area contributed by atoms with Crippen molar-refractivity contribution in [2.45, 2.75) is 37.8 Å². The average molecular weight is 233 g/mol. The van der Waals surface area contributed by atoms with Gasteiger partial charge < -0.3 is 10.1 Å². The largest absolute Gasteiger partial charge is 0.459 e. The minimum Gasteiger partial charge on any atom is -0.459 e. The highest BCUT2D eigenvalue weighted by molar-refractivity contribution is 5.81. The van der Waals surface area contributed by atoms with E-state index in [9.17, 15) is 4.79 Å². The van der Waals surface area contributed by atoms with E-state index in [-0.39, 0.29) is 5.97 Å². The van der Waals surface area contributed by atoms with Crippen molar-refractivity contribution in [1.82, 2.24) is 5.32 Å². The fraction of sp³-hybridized carbons (Fsp3) is 0.500. The van der Waals surface area contributed by atoms with Crippen LogP contribution in [0.4, 0.5) is 0 Å². The highest BCUT2D eigenvalue weighted by Crippen LogP contribution is 2.30. The number of carbonyl (C=O) groups is 1. The summed E-state index contributed by atoms with van der Waals surface area (Å²) in [5.74, 6) is -0.110. The fourth-order valence-electron chi connectivity index (χ4n) is 2.40. The van der Waals surface area contributed by atoms with E-state index < -0.39 is 5.54 Å². The minimum atomic E-state index is -0.436. The molecule has 92 valence electrons. The monoisotopic (exact) mass is 233 g/mol. The summed E-state index contributed by atoms with van der Waals surface area (Å²) in [5, 5.41) is 3.14. The number of ether oxygens (including phenoxy) is 1. The Morgan fingerprint density at radius 3 is 2.53 bits per heavy atom. The lowest BCUT2D eigenvalue weighted by Crippen LogP contribution is -2.48. The number of benzene rings is 1. The molecule has 1 saturated carbocycles. The van der Waals surface area contributed by atoms with Crippen LogP contribution in [-0.2, 0) is 16.1 Å². The molecule has 1 aliphatic carbocycles. The molecule has 2 rings (SSSR count). The topological polar surface area (TPSA) is 38.3 Å². The molecule has 1 fully saturated rings. The van der Waals surface area contributed by atoms with Crippen molar-refractivity contribution in [3.8, 4) is 0 Å². The molecular weight excluding hydrogens is 214 g/mol. The first-order valence-electron chi connectivity index (χ1n) is 6.17. The van der Waals surface area contributed by atoms with Crippen molar-refractivity contribution in [2.24, 2.45) is 0 Å². The second kappa shape index (κ2) is 5.32. The number of rotatable bonds is 4. The van der Waals surface area contributed by atoms with Crippen LogP contribution in [0, 0.1) is 0 Å². The molecule has 3 nitrogen and oxygen atoms in total. The van der Waals surface area contributed by atoms with Crippen molar-refractivity contribution >= 4 is 5.97 Å². The Balaban J connectivity index is 1.93.